The Bertz CT molecular complexity index is 1270. The second-order valence-electron chi connectivity index (χ2n) is 8.75. The van der Waals surface area contributed by atoms with Gasteiger partial charge in [-0.25, -0.2) is 4.79 Å². The second-order valence-corrected chi connectivity index (χ2v) is 9.48. The molecule has 0 saturated carbocycles. The van der Waals surface area contributed by atoms with Gasteiger partial charge in [0.25, 0.3) is 0 Å². The van der Waals surface area contributed by atoms with Crippen LogP contribution in [0.5, 0.6) is 0 Å². The van der Waals surface area contributed by atoms with Crippen LogP contribution in [-0.2, 0) is 32.0 Å². The van der Waals surface area contributed by atoms with E-state index < -0.39 is 47.9 Å². The molecule has 4 atom stereocenters. The first kappa shape index (κ1) is 29.1. The lowest BCUT2D eigenvalue weighted by atomic mass is 10.0. The summed E-state index contributed by atoms with van der Waals surface area (Å²) in [6.07, 6.45) is 2.11. The molecule has 0 saturated heterocycles. The van der Waals surface area contributed by atoms with Gasteiger partial charge in [0, 0.05) is 35.0 Å². The lowest BCUT2D eigenvalue weighted by Gasteiger charge is -2.23. The largest absolute Gasteiger partial charge is 0.480 e. The van der Waals surface area contributed by atoms with Gasteiger partial charge in [0.15, 0.2) is 0 Å². The van der Waals surface area contributed by atoms with E-state index in [9.17, 15) is 24.3 Å². The molecule has 3 aromatic rings. The Labute approximate surface area is 230 Å². The maximum atomic E-state index is 12.9. The Morgan fingerprint density at radius 1 is 0.789 bits per heavy atom. The molecule has 38 heavy (non-hydrogen) atoms. The van der Waals surface area contributed by atoms with Crippen molar-refractivity contribution in [1.29, 1.82) is 0 Å². The molecule has 3 amide bonds. The predicted octanol–water partition coefficient (Wildman–Crippen LogP) is 0.679. The number of benzene rings is 2. The summed E-state index contributed by atoms with van der Waals surface area (Å²) in [4.78, 5) is 53.2. The molecule has 0 aliphatic carbocycles. The molecule has 0 aliphatic heterocycles. The number of aliphatic carboxylic acids is 1. The molecule has 0 fully saturated rings. The number of thiol groups is 2. The van der Waals surface area contributed by atoms with Gasteiger partial charge in [-0.3, -0.25) is 14.4 Å². The van der Waals surface area contributed by atoms with E-state index in [4.69, 9.17) is 5.73 Å². The highest BCUT2D eigenvalue weighted by molar-refractivity contribution is 7.80. The molecular weight excluding hydrogens is 526 g/mol. The fraction of sp³-hybridized carbons (Fsp3) is 0.308. The summed E-state index contributed by atoms with van der Waals surface area (Å²) in [6, 6.07) is 12.1. The van der Waals surface area contributed by atoms with E-state index in [1.807, 2.05) is 24.3 Å². The molecule has 1 aromatic heterocycles. The van der Waals surface area contributed by atoms with Crippen molar-refractivity contribution in [3.63, 3.8) is 0 Å². The summed E-state index contributed by atoms with van der Waals surface area (Å²) in [5.41, 5.74) is 8.63. The zero-order chi connectivity index (χ0) is 27.7. The third-order valence-corrected chi connectivity index (χ3v) is 6.71. The van der Waals surface area contributed by atoms with Crippen molar-refractivity contribution in [2.75, 3.05) is 11.5 Å². The minimum atomic E-state index is -1.21. The number of hydrogen-bond donors (Lipinski definition) is 8. The Morgan fingerprint density at radius 3 is 1.95 bits per heavy atom. The summed E-state index contributed by atoms with van der Waals surface area (Å²) in [6.45, 7) is 0. The molecule has 2 aromatic carbocycles. The summed E-state index contributed by atoms with van der Waals surface area (Å²) < 4.78 is 0. The monoisotopic (exact) mass is 557 g/mol. The van der Waals surface area contributed by atoms with Gasteiger partial charge in [0.05, 0.1) is 6.04 Å². The summed E-state index contributed by atoms with van der Waals surface area (Å²) >= 11 is 8.29. The highest BCUT2D eigenvalue weighted by Gasteiger charge is 2.29. The first-order valence-corrected chi connectivity index (χ1v) is 13.2. The molecule has 3 rings (SSSR count). The van der Waals surface area contributed by atoms with E-state index in [0.717, 1.165) is 22.0 Å². The van der Waals surface area contributed by atoms with Crippen LogP contribution in [0, 0.1) is 0 Å². The number of hydrogen-bond acceptors (Lipinski definition) is 7. The predicted molar refractivity (Wildman–Crippen MR) is 151 cm³/mol. The average molecular weight is 558 g/mol. The van der Waals surface area contributed by atoms with E-state index in [-0.39, 0.29) is 24.3 Å². The number of para-hydroxylation sites is 1. The molecule has 12 heteroatoms. The zero-order valence-electron chi connectivity index (χ0n) is 20.5. The minimum absolute atomic E-state index is 0.0515. The first-order chi connectivity index (χ1) is 18.2. The number of carbonyl (C=O) groups excluding carboxylic acids is 3. The van der Waals surface area contributed by atoms with E-state index in [1.54, 1.807) is 36.5 Å². The van der Waals surface area contributed by atoms with Crippen LogP contribution in [0.2, 0.25) is 0 Å². The Kier molecular flexibility index (Phi) is 10.6. The van der Waals surface area contributed by atoms with Crippen LogP contribution in [0.4, 0.5) is 0 Å². The van der Waals surface area contributed by atoms with Crippen LogP contribution in [-0.4, -0.2) is 69.5 Å². The standard InChI is InChI=1S/C26H31N5O5S2/c27-18(11-16-12-28-19-9-5-4-8-17(16)19)23(32)30-21(13-37)25(34)31-22(14-38)24(33)29-20(26(35)36)10-15-6-2-1-3-7-15/h1-9,12,18,20-22,28,37-38H,10-11,13-14,27H2,(H,29,33)(H,30,32)(H,31,34)(H,35,36). The van der Waals surface area contributed by atoms with Gasteiger partial charge in [-0.15, -0.1) is 0 Å². The Balaban J connectivity index is 1.57. The zero-order valence-corrected chi connectivity index (χ0v) is 22.3. The topological polar surface area (TPSA) is 166 Å². The maximum Gasteiger partial charge on any atom is 0.326 e. The smallest absolute Gasteiger partial charge is 0.326 e. The SMILES string of the molecule is NC(Cc1c[nH]c2ccccc12)C(=O)NC(CS)C(=O)NC(CS)C(=O)NC(Cc1ccccc1)C(=O)O. The van der Waals surface area contributed by atoms with Crippen molar-refractivity contribution in [3.05, 3.63) is 71.9 Å². The molecular formula is C26H31N5O5S2. The van der Waals surface area contributed by atoms with Crippen LogP contribution in [0.1, 0.15) is 11.1 Å². The number of carboxylic acids is 1. The van der Waals surface area contributed by atoms with E-state index in [2.05, 4.69) is 46.2 Å². The van der Waals surface area contributed by atoms with Gasteiger partial charge in [0.2, 0.25) is 17.7 Å². The number of amides is 3. The fourth-order valence-electron chi connectivity index (χ4n) is 3.89. The normalized spacial score (nSPS) is 14.2. The summed E-state index contributed by atoms with van der Waals surface area (Å²) in [7, 11) is 0. The van der Waals surface area contributed by atoms with Crippen LogP contribution in [0.3, 0.4) is 0 Å². The quantitative estimate of drug-likeness (QED) is 0.144. The summed E-state index contributed by atoms with van der Waals surface area (Å²) in [5.74, 6) is -3.29. The average Bonchev–Trinajstić information content (AvgIpc) is 3.32. The third-order valence-electron chi connectivity index (χ3n) is 5.98. The van der Waals surface area contributed by atoms with Gasteiger partial charge >= 0.3 is 5.97 Å². The van der Waals surface area contributed by atoms with E-state index in [0.29, 0.717) is 0 Å². The van der Waals surface area contributed by atoms with E-state index in [1.165, 1.54) is 0 Å². The number of nitrogens with two attached hydrogens (primary N) is 1. The number of carboxylic acid groups (broad SMARTS) is 1. The molecule has 202 valence electrons. The fourth-order valence-corrected chi connectivity index (χ4v) is 4.41. The van der Waals surface area contributed by atoms with Crippen molar-refractivity contribution in [2.24, 2.45) is 5.73 Å². The number of nitrogens with one attached hydrogen (secondary N) is 4. The number of rotatable bonds is 13. The van der Waals surface area contributed by atoms with Crippen molar-refractivity contribution < 1.29 is 24.3 Å². The van der Waals surface area contributed by atoms with Crippen LogP contribution in [0.25, 0.3) is 10.9 Å². The van der Waals surface area contributed by atoms with Crippen LogP contribution < -0.4 is 21.7 Å². The van der Waals surface area contributed by atoms with Gasteiger partial charge in [0.1, 0.15) is 18.1 Å². The first-order valence-electron chi connectivity index (χ1n) is 11.9. The maximum absolute atomic E-state index is 12.9. The second kappa shape index (κ2) is 13.9. The van der Waals surface area contributed by atoms with Crippen molar-refractivity contribution in [2.45, 2.75) is 37.0 Å². The third kappa shape index (κ3) is 7.76. The van der Waals surface area contributed by atoms with E-state index >= 15 is 0 Å². The lowest BCUT2D eigenvalue weighted by molar-refractivity contribution is -0.142. The molecule has 7 N–H and O–H groups in total. The Morgan fingerprint density at radius 2 is 1.34 bits per heavy atom. The number of fused-ring (bicyclic) bond motifs is 1. The molecule has 0 bridgehead atoms. The lowest BCUT2D eigenvalue weighted by Crippen LogP contribution is -2.58. The number of aromatic amines is 1. The van der Waals surface area contributed by atoms with Crippen molar-refractivity contribution in [3.8, 4) is 0 Å². The molecule has 10 nitrogen and oxygen atoms in total. The van der Waals surface area contributed by atoms with Crippen molar-refractivity contribution in [1.82, 2.24) is 20.9 Å². The Hall–Kier alpha value is -3.48. The molecule has 1 heterocycles. The van der Waals surface area contributed by atoms with Crippen LogP contribution in [0.15, 0.2) is 60.8 Å². The molecule has 0 radical (unpaired) electrons. The van der Waals surface area contributed by atoms with Gasteiger partial charge in [-0.2, -0.15) is 25.3 Å². The summed E-state index contributed by atoms with van der Waals surface area (Å²) in [5, 5.41) is 18.0. The molecule has 0 aliphatic rings. The highest BCUT2D eigenvalue weighted by Crippen LogP contribution is 2.18. The van der Waals surface area contributed by atoms with Crippen LogP contribution >= 0.6 is 25.3 Å². The number of aromatic nitrogens is 1. The molecule has 4 unspecified atom stereocenters. The van der Waals surface area contributed by atoms with Gasteiger partial charge in [-0.05, 0) is 23.6 Å². The minimum Gasteiger partial charge on any atom is -0.480 e. The molecule has 0 spiro atoms. The van der Waals surface area contributed by atoms with Crippen molar-refractivity contribution >= 4 is 59.9 Å². The van der Waals surface area contributed by atoms with Gasteiger partial charge in [-0.1, -0.05) is 48.5 Å². The number of H-pyrrole nitrogens is 1. The number of carbonyl (C=O) groups is 4. The van der Waals surface area contributed by atoms with Gasteiger partial charge < -0.3 is 31.8 Å². The highest BCUT2D eigenvalue weighted by atomic mass is 32.1.